The largest absolute Gasteiger partial charge is 0.443 e. The van der Waals surface area contributed by atoms with Gasteiger partial charge in [-0.05, 0) is 44.9 Å². The quantitative estimate of drug-likeness (QED) is 0.664. The standard InChI is InChI=1S/C23H28N4O3/c1-15-5-6-16(2)19(13-15)25-9-11-26(12-10-25)20(28)7-8-27-14-24-22-21(23(27)29)17(3)18(4)30-22/h5-6,13-14H,7-12H2,1-4H3. The highest BCUT2D eigenvalue weighted by Crippen LogP contribution is 2.23. The van der Waals surface area contributed by atoms with E-state index in [4.69, 9.17) is 4.42 Å². The van der Waals surface area contributed by atoms with Gasteiger partial charge in [-0.25, -0.2) is 4.98 Å². The fourth-order valence-corrected chi connectivity index (χ4v) is 4.06. The molecular weight excluding hydrogens is 380 g/mol. The van der Waals surface area contributed by atoms with Crippen molar-refractivity contribution in [2.45, 2.75) is 40.7 Å². The third-order valence-electron chi connectivity index (χ3n) is 6.06. The summed E-state index contributed by atoms with van der Waals surface area (Å²) in [4.78, 5) is 34.0. The van der Waals surface area contributed by atoms with Crippen LogP contribution in [-0.4, -0.2) is 46.5 Å². The fourth-order valence-electron chi connectivity index (χ4n) is 4.06. The highest BCUT2D eigenvalue weighted by molar-refractivity contribution is 5.78. The average Bonchev–Trinajstić information content (AvgIpc) is 3.03. The Hall–Kier alpha value is -3.09. The van der Waals surface area contributed by atoms with Crippen molar-refractivity contribution in [3.63, 3.8) is 0 Å². The van der Waals surface area contributed by atoms with Gasteiger partial charge in [-0.3, -0.25) is 14.2 Å². The van der Waals surface area contributed by atoms with Crippen molar-refractivity contribution in [3.05, 3.63) is 57.3 Å². The number of fused-ring (bicyclic) bond motifs is 1. The second-order valence-electron chi connectivity index (χ2n) is 8.11. The van der Waals surface area contributed by atoms with Gasteiger partial charge in [0.25, 0.3) is 5.56 Å². The minimum atomic E-state index is -0.151. The van der Waals surface area contributed by atoms with Crippen LogP contribution in [0.2, 0.25) is 0 Å². The number of hydrogen-bond acceptors (Lipinski definition) is 5. The minimum Gasteiger partial charge on any atom is -0.443 e. The SMILES string of the molecule is Cc1ccc(C)c(N2CCN(C(=O)CCn3cnc4oc(C)c(C)c4c3=O)CC2)c1. The molecule has 4 rings (SSSR count). The molecule has 0 saturated carbocycles. The highest BCUT2D eigenvalue weighted by atomic mass is 16.3. The van der Waals surface area contributed by atoms with Crippen molar-refractivity contribution in [2.24, 2.45) is 0 Å². The van der Waals surface area contributed by atoms with Gasteiger partial charge in [0.05, 0.1) is 0 Å². The number of aromatic nitrogens is 2. The van der Waals surface area contributed by atoms with Crippen molar-refractivity contribution in [2.75, 3.05) is 31.1 Å². The van der Waals surface area contributed by atoms with Crippen molar-refractivity contribution < 1.29 is 9.21 Å². The van der Waals surface area contributed by atoms with Crippen molar-refractivity contribution in [1.82, 2.24) is 14.5 Å². The molecular formula is C23H28N4O3. The smallest absolute Gasteiger partial charge is 0.264 e. The molecule has 0 aliphatic carbocycles. The molecule has 1 fully saturated rings. The number of nitrogens with zero attached hydrogens (tertiary/aromatic N) is 4. The summed E-state index contributed by atoms with van der Waals surface area (Å²) in [6.45, 7) is 11.2. The Morgan fingerprint density at radius 2 is 1.83 bits per heavy atom. The van der Waals surface area contributed by atoms with Crippen molar-refractivity contribution >= 4 is 22.7 Å². The molecule has 7 nitrogen and oxygen atoms in total. The number of amides is 1. The molecule has 1 amide bonds. The number of hydrogen-bond donors (Lipinski definition) is 0. The fraction of sp³-hybridized carbons (Fsp3) is 0.435. The van der Waals surface area contributed by atoms with E-state index in [0.717, 1.165) is 18.7 Å². The Kier molecular flexibility index (Phi) is 5.37. The minimum absolute atomic E-state index is 0.0720. The molecule has 2 aromatic heterocycles. The van der Waals surface area contributed by atoms with E-state index < -0.39 is 0 Å². The summed E-state index contributed by atoms with van der Waals surface area (Å²) in [5.74, 6) is 0.771. The summed E-state index contributed by atoms with van der Waals surface area (Å²) in [7, 11) is 0. The molecule has 1 aliphatic rings. The van der Waals surface area contributed by atoms with Crippen molar-refractivity contribution in [1.29, 1.82) is 0 Å². The summed E-state index contributed by atoms with van der Waals surface area (Å²) in [5.41, 5.74) is 4.77. The van der Waals surface area contributed by atoms with Crippen LogP contribution in [0.3, 0.4) is 0 Å². The van der Waals surface area contributed by atoms with Gasteiger partial charge in [-0.15, -0.1) is 0 Å². The van der Waals surface area contributed by atoms with Crippen LogP contribution >= 0.6 is 0 Å². The van der Waals surface area contributed by atoms with Gasteiger partial charge in [0, 0.05) is 50.4 Å². The zero-order valence-corrected chi connectivity index (χ0v) is 18.1. The van der Waals surface area contributed by atoms with Gasteiger partial charge in [-0.1, -0.05) is 12.1 Å². The molecule has 158 valence electrons. The lowest BCUT2D eigenvalue weighted by Crippen LogP contribution is -2.49. The zero-order valence-electron chi connectivity index (χ0n) is 18.1. The lowest BCUT2D eigenvalue weighted by molar-refractivity contribution is -0.131. The van der Waals surface area contributed by atoms with Crippen LogP contribution in [-0.2, 0) is 11.3 Å². The van der Waals surface area contributed by atoms with Gasteiger partial charge in [0.15, 0.2) is 0 Å². The molecule has 3 aromatic rings. The molecule has 30 heavy (non-hydrogen) atoms. The molecule has 0 N–H and O–H groups in total. The van der Waals surface area contributed by atoms with E-state index in [1.54, 1.807) is 0 Å². The van der Waals surface area contributed by atoms with Gasteiger partial charge < -0.3 is 14.2 Å². The first kappa shape index (κ1) is 20.2. The molecule has 0 radical (unpaired) electrons. The summed E-state index contributed by atoms with van der Waals surface area (Å²) < 4.78 is 7.02. The number of rotatable bonds is 4. The Morgan fingerprint density at radius 3 is 2.57 bits per heavy atom. The highest BCUT2D eigenvalue weighted by Gasteiger charge is 2.22. The predicted octanol–water partition coefficient (Wildman–Crippen LogP) is 2.96. The summed E-state index contributed by atoms with van der Waals surface area (Å²) in [6, 6.07) is 6.48. The summed E-state index contributed by atoms with van der Waals surface area (Å²) in [6.07, 6.45) is 1.76. The molecule has 1 aromatic carbocycles. The molecule has 0 unspecified atom stereocenters. The second-order valence-corrected chi connectivity index (χ2v) is 8.11. The van der Waals surface area contributed by atoms with E-state index in [0.29, 0.717) is 36.5 Å². The van der Waals surface area contributed by atoms with E-state index in [2.05, 4.69) is 41.9 Å². The number of carbonyl (C=O) groups excluding carboxylic acids is 1. The molecule has 0 atom stereocenters. The average molecular weight is 409 g/mol. The predicted molar refractivity (Wildman–Crippen MR) is 117 cm³/mol. The maximum absolute atomic E-state index is 12.7. The first-order valence-corrected chi connectivity index (χ1v) is 10.4. The lowest BCUT2D eigenvalue weighted by Gasteiger charge is -2.37. The van der Waals surface area contributed by atoms with Gasteiger partial charge in [0.2, 0.25) is 11.6 Å². The van der Waals surface area contributed by atoms with E-state index >= 15 is 0 Å². The number of carbonyl (C=O) groups is 1. The monoisotopic (exact) mass is 408 g/mol. The van der Waals surface area contributed by atoms with Gasteiger partial charge in [-0.2, -0.15) is 0 Å². The van der Waals surface area contributed by atoms with Gasteiger partial charge >= 0.3 is 0 Å². The molecule has 1 aliphatic heterocycles. The Labute approximate surface area is 175 Å². The molecule has 0 spiro atoms. The van der Waals surface area contributed by atoms with Crippen LogP contribution in [0.5, 0.6) is 0 Å². The summed E-state index contributed by atoms with van der Waals surface area (Å²) in [5, 5.41) is 0.504. The van der Waals surface area contributed by atoms with Crippen LogP contribution < -0.4 is 10.5 Å². The Morgan fingerprint density at radius 1 is 1.10 bits per heavy atom. The topological polar surface area (TPSA) is 71.6 Å². The van der Waals surface area contributed by atoms with Crippen LogP contribution in [0.4, 0.5) is 5.69 Å². The van der Waals surface area contributed by atoms with Crippen LogP contribution in [0.25, 0.3) is 11.1 Å². The van der Waals surface area contributed by atoms with E-state index in [1.165, 1.54) is 27.7 Å². The van der Waals surface area contributed by atoms with E-state index in [-0.39, 0.29) is 17.9 Å². The third kappa shape index (κ3) is 3.72. The van der Waals surface area contributed by atoms with E-state index in [9.17, 15) is 9.59 Å². The first-order chi connectivity index (χ1) is 14.3. The third-order valence-corrected chi connectivity index (χ3v) is 6.06. The number of furan rings is 1. The van der Waals surface area contributed by atoms with Crippen molar-refractivity contribution in [3.8, 4) is 0 Å². The Bertz CT molecular complexity index is 1150. The molecule has 0 bridgehead atoms. The number of aryl methyl sites for hydroxylation is 5. The Balaban J connectivity index is 1.38. The second kappa shape index (κ2) is 7.97. The van der Waals surface area contributed by atoms with Crippen LogP contribution in [0.15, 0.2) is 33.7 Å². The summed E-state index contributed by atoms with van der Waals surface area (Å²) >= 11 is 0. The van der Waals surface area contributed by atoms with E-state index in [1.807, 2.05) is 18.7 Å². The number of anilines is 1. The number of piperazine rings is 1. The zero-order chi connectivity index (χ0) is 21.4. The maximum Gasteiger partial charge on any atom is 0.264 e. The van der Waals surface area contributed by atoms with Crippen LogP contribution in [0.1, 0.15) is 28.9 Å². The molecule has 3 heterocycles. The van der Waals surface area contributed by atoms with Crippen LogP contribution in [0, 0.1) is 27.7 Å². The normalized spacial score (nSPS) is 14.5. The first-order valence-electron chi connectivity index (χ1n) is 10.4. The lowest BCUT2D eigenvalue weighted by atomic mass is 10.1. The molecule has 1 saturated heterocycles. The van der Waals surface area contributed by atoms with Gasteiger partial charge in [0.1, 0.15) is 17.5 Å². The maximum atomic E-state index is 12.7. The number of benzene rings is 1. The molecule has 7 heteroatoms.